The van der Waals surface area contributed by atoms with Gasteiger partial charge in [0.25, 0.3) is 5.56 Å². The van der Waals surface area contributed by atoms with Crippen LogP contribution in [0, 0.1) is 5.82 Å². The molecule has 3 atom stereocenters. The number of anilines is 2. The van der Waals surface area contributed by atoms with Crippen molar-refractivity contribution in [3.8, 4) is 11.3 Å². The van der Waals surface area contributed by atoms with Gasteiger partial charge in [0.2, 0.25) is 5.95 Å². The Balaban J connectivity index is 1.37. The van der Waals surface area contributed by atoms with Crippen molar-refractivity contribution in [1.82, 2.24) is 14.5 Å². The molecule has 2 aliphatic rings. The summed E-state index contributed by atoms with van der Waals surface area (Å²) >= 11 is 0. The van der Waals surface area contributed by atoms with Crippen molar-refractivity contribution in [2.45, 2.75) is 32.2 Å². The van der Waals surface area contributed by atoms with Gasteiger partial charge in [-0.25, -0.2) is 9.37 Å². The molecule has 2 fully saturated rings. The first kappa shape index (κ1) is 23.4. The SMILES string of the molecule is C[C@@H]1CN(c2ccc([C@H]3CN(c4nc(-c5ccncc5F)cc(=O)n4C)CCO3)cc2)C[C@H](C)O1. The molecule has 0 N–H and O–H groups in total. The van der Waals surface area contributed by atoms with E-state index in [-0.39, 0.29) is 29.4 Å². The Morgan fingerprint density at radius 3 is 2.49 bits per heavy atom. The number of benzene rings is 1. The third kappa shape index (κ3) is 4.92. The molecule has 0 aliphatic carbocycles. The smallest absolute Gasteiger partial charge is 0.255 e. The van der Waals surface area contributed by atoms with E-state index in [9.17, 15) is 9.18 Å². The van der Waals surface area contributed by atoms with E-state index in [1.807, 2.05) is 4.90 Å². The van der Waals surface area contributed by atoms with Crippen LogP contribution in [-0.2, 0) is 16.5 Å². The fraction of sp³-hybridized carbons (Fsp3) is 0.423. The highest BCUT2D eigenvalue weighted by molar-refractivity contribution is 5.60. The number of halogens is 1. The minimum Gasteiger partial charge on any atom is -0.372 e. The summed E-state index contributed by atoms with van der Waals surface area (Å²) in [5, 5.41) is 0. The molecule has 0 saturated carbocycles. The van der Waals surface area contributed by atoms with Crippen LogP contribution < -0.4 is 15.4 Å². The molecule has 1 aromatic carbocycles. The monoisotopic (exact) mass is 479 g/mol. The van der Waals surface area contributed by atoms with E-state index in [1.165, 1.54) is 28.6 Å². The number of ether oxygens (including phenoxy) is 2. The van der Waals surface area contributed by atoms with E-state index >= 15 is 0 Å². The summed E-state index contributed by atoms with van der Waals surface area (Å²) in [7, 11) is 1.68. The predicted octanol–water partition coefficient (Wildman–Crippen LogP) is 3.17. The maximum atomic E-state index is 14.3. The highest BCUT2D eigenvalue weighted by atomic mass is 19.1. The van der Waals surface area contributed by atoms with Crippen LogP contribution in [0.2, 0.25) is 0 Å². The number of hydrogen-bond acceptors (Lipinski definition) is 7. The summed E-state index contributed by atoms with van der Waals surface area (Å²) in [5.41, 5.74) is 2.53. The lowest BCUT2D eigenvalue weighted by atomic mass is 10.1. The van der Waals surface area contributed by atoms with Gasteiger partial charge in [0.1, 0.15) is 6.10 Å². The minimum absolute atomic E-state index is 0.168. The lowest BCUT2D eigenvalue weighted by molar-refractivity contribution is -0.00523. The summed E-state index contributed by atoms with van der Waals surface area (Å²) in [6.45, 7) is 7.54. The zero-order chi connectivity index (χ0) is 24.5. The van der Waals surface area contributed by atoms with Crippen molar-refractivity contribution in [3.63, 3.8) is 0 Å². The van der Waals surface area contributed by atoms with Gasteiger partial charge >= 0.3 is 0 Å². The van der Waals surface area contributed by atoms with Crippen molar-refractivity contribution >= 4 is 11.6 Å². The summed E-state index contributed by atoms with van der Waals surface area (Å²) in [5.74, 6) is -0.0203. The molecule has 2 aromatic heterocycles. The molecule has 3 aromatic rings. The highest BCUT2D eigenvalue weighted by Gasteiger charge is 2.27. The van der Waals surface area contributed by atoms with Crippen LogP contribution in [-0.4, -0.2) is 59.5 Å². The molecule has 0 amide bonds. The number of hydrogen-bond donors (Lipinski definition) is 0. The van der Waals surface area contributed by atoms with Gasteiger partial charge in [0.15, 0.2) is 5.82 Å². The summed E-state index contributed by atoms with van der Waals surface area (Å²) in [4.78, 5) is 25.5. The van der Waals surface area contributed by atoms with Crippen molar-refractivity contribution in [3.05, 3.63) is 70.5 Å². The molecule has 2 saturated heterocycles. The van der Waals surface area contributed by atoms with Gasteiger partial charge in [-0.3, -0.25) is 14.3 Å². The first-order valence-corrected chi connectivity index (χ1v) is 11.9. The van der Waals surface area contributed by atoms with E-state index < -0.39 is 5.82 Å². The summed E-state index contributed by atoms with van der Waals surface area (Å²) in [6, 6.07) is 11.3. The Hall–Kier alpha value is -3.30. The van der Waals surface area contributed by atoms with Gasteiger partial charge in [0, 0.05) is 50.2 Å². The number of morpholine rings is 2. The fourth-order valence-electron chi connectivity index (χ4n) is 4.85. The molecule has 0 spiro atoms. The van der Waals surface area contributed by atoms with Gasteiger partial charge in [-0.1, -0.05) is 12.1 Å². The molecule has 184 valence electrons. The van der Waals surface area contributed by atoms with Crippen LogP contribution in [0.4, 0.5) is 16.0 Å². The minimum atomic E-state index is -0.511. The lowest BCUT2D eigenvalue weighted by Gasteiger charge is -2.37. The molecule has 0 unspecified atom stereocenters. The van der Waals surface area contributed by atoms with E-state index in [2.05, 4.69) is 53.0 Å². The molecule has 2 aliphatic heterocycles. The Kier molecular flexibility index (Phi) is 6.53. The van der Waals surface area contributed by atoms with E-state index in [0.29, 0.717) is 31.3 Å². The van der Waals surface area contributed by atoms with E-state index in [4.69, 9.17) is 9.47 Å². The van der Waals surface area contributed by atoms with Gasteiger partial charge in [-0.05, 0) is 37.6 Å². The Labute approximate surface area is 203 Å². The molecule has 4 heterocycles. The molecule has 8 nitrogen and oxygen atoms in total. The second-order valence-electron chi connectivity index (χ2n) is 9.25. The van der Waals surface area contributed by atoms with E-state index in [1.54, 1.807) is 7.05 Å². The van der Waals surface area contributed by atoms with Crippen LogP contribution in [0.3, 0.4) is 0 Å². The molecule has 0 radical (unpaired) electrons. The normalized spacial score (nSPS) is 22.9. The van der Waals surface area contributed by atoms with Gasteiger partial charge < -0.3 is 19.3 Å². The van der Waals surface area contributed by atoms with Crippen molar-refractivity contribution in [2.75, 3.05) is 42.6 Å². The fourth-order valence-corrected chi connectivity index (χ4v) is 4.85. The molecule has 5 rings (SSSR count). The Morgan fingerprint density at radius 2 is 1.77 bits per heavy atom. The van der Waals surface area contributed by atoms with Gasteiger partial charge in [-0.2, -0.15) is 0 Å². The third-order valence-corrected chi connectivity index (χ3v) is 6.56. The number of aromatic nitrogens is 3. The number of nitrogens with zero attached hydrogens (tertiary/aromatic N) is 5. The van der Waals surface area contributed by atoms with Crippen LogP contribution in [0.1, 0.15) is 25.5 Å². The largest absolute Gasteiger partial charge is 0.372 e. The first-order chi connectivity index (χ1) is 16.9. The second kappa shape index (κ2) is 9.75. The topological polar surface area (TPSA) is 72.7 Å². The molecular weight excluding hydrogens is 449 g/mol. The summed E-state index contributed by atoms with van der Waals surface area (Å²) < 4.78 is 27.7. The lowest BCUT2D eigenvalue weighted by Crippen LogP contribution is -2.45. The Morgan fingerprint density at radius 1 is 1.03 bits per heavy atom. The van der Waals surface area contributed by atoms with Crippen LogP contribution in [0.15, 0.2) is 53.6 Å². The third-order valence-electron chi connectivity index (χ3n) is 6.56. The quantitative estimate of drug-likeness (QED) is 0.569. The summed E-state index contributed by atoms with van der Waals surface area (Å²) in [6.07, 6.45) is 2.84. The Bertz CT molecular complexity index is 1240. The molecule has 9 heteroatoms. The molecular formula is C26H30FN5O3. The average molecular weight is 480 g/mol. The maximum Gasteiger partial charge on any atom is 0.255 e. The standard InChI is InChI=1S/C26H30FN5O3/c1-17-14-32(15-18(2)35-17)20-6-4-19(5-7-20)24-16-31(10-11-34-24)26-29-23(12-25(33)30(26)3)21-8-9-28-13-22(21)27/h4-9,12-13,17-18,24H,10-11,14-16H2,1-3H3/t17-,18+,24-/m1/s1. The number of pyridine rings is 1. The number of rotatable bonds is 4. The molecule has 35 heavy (non-hydrogen) atoms. The van der Waals surface area contributed by atoms with Gasteiger partial charge in [-0.15, -0.1) is 0 Å². The van der Waals surface area contributed by atoms with Gasteiger partial charge in [0.05, 0.1) is 37.3 Å². The zero-order valence-corrected chi connectivity index (χ0v) is 20.2. The average Bonchev–Trinajstić information content (AvgIpc) is 2.85. The highest BCUT2D eigenvalue weighted by Crippen LogP contribution is 2.29. The van der Waals surface area contributed by atoms with E-state index in [0.717, 1.165) is 24.8 Å². The second-order valence-corrected chi connectivity index (χ2v) is 9.25. The van der Waals surface area contributed by atoms with Crippen molar-refractivity contribution in [2.24, 2.45) is 7.05 Å². The zero-order valence-electron chi connectivity index (χ0n) is 20.2. The van der Waals surface area contributed by atoms with Crippen molar-refractivity contribution < 1.29 is 13.9 Å². The van der Waals surface area contributed by atoms with Crippen LogP contribution >= 0.6 is 0 Å². The maximum absolute atomic E-state index is 14.3. The van der Waals surface area contributed by atoms with Crippen LogP contribution in [0.25, 0.3) is 11.3 Å². The predicted molar refractivity (Wildman–Crippen MR) is 132 cm³/mol. The molecule has 0 bridgehead atoms. The first-order valence-electron chi connectivity index (χ1n) is 11.9. The van der Waals surface area contributed by atoms with Crippen LogP contribution in [0.5, 0.6) is 0 Å². The van der Waals surface area contributed by atoms with Crippen molar-refractivity contribution in [1.29, 1.82) is 0 Å².